The highest BCUT2D eigenvalue weighted by Gasteiger charge is 2.16. The van der Waals surface area contributed by atoms with Gasteiger partial charge in [0.15, 0.2) is 5.69 Å². The van der Waals surface area contributed by atoms with E-state index >= 15 is 0 Å². The first-order valence-electron chi connectivity index (χ1n) is 4.86. The van der Waals surface area contributed by atoms with Gasteiger partial charge in [-0.05, 0) is 20.5 Å². The van der Waals surface area contributed by atoms with Crippen LogP contribution >= 0.6 is 0 Å². The molecule has 0 saturated carbocycles. The van der Waals surface area contributed by atoms with Crippen LogP contribution in [0.25, 0.3) is 0 Å². The van der Waals surface area contributed by atoms with Crippen LogP contribution in [0.1, 0.15) is 23.1 Å². The van der Waals surface area contributed by atoms with Gasteiger partial charge in [-0.1, -0.05) is 12.1 Å². The third-order valence-electron chi connectivity index (χ3n) is 2.13. The molecule has 0 aromatic carbocycles. The predicted octanol–water partition coefficient (Wildman–Crippen LogP) is 0.100. The van der Waals surface area contributed by atoms with Gasteiger partial charge < -0.3 is 10.0 Å². The second kappa shape index (κ2) is 4.88. The molecule has 0 saturated heterocycles. The first-order chi connectivity index (χ1) is 7.06. The summed E-state index contributed by atoms with van der Waals surface area (Å²) in [6.07, 6.45) is 0.627. The van der Waals surface area contributed by atoms with Crippen molar-refractivity contribution in [1.82, 2.24) is 19.9 Å². The van der Waals surface area contributed by atoms with Crippen molar-refractivity contribution in [1.29, 1.82) is 0 Å². The summed E-state index contributed by atoms with van der Waals surface area (Å²) in [7, 11) is 3.92. The number of likely N-dealkylation sites (N-methyl/N-ethyl adjacent to an activating group) is 1. The van der Waals surface area contributed by atoms with Crippen LogP contribution in [-0.2, 0) is 13.0 Å². The Morgan fingerprint density at radius 3 is 2.67 bits per heavy atom. The molecule has 1 rings (SSSR count). The van der Waals surface area contributed by atoms with Crippen molar-refractivity contribution in [2.45, 2.75) is 19.9 Å². The van der Waals surface area contributed by atoms with Crippen molar-refractivity contribution >= 4 is 5.97 Å². The van der Waals surface area contributed by atoms with E-state index in [1.807, 2.05) is 25.9 Å². The molecule has 0 amide bonds. The van der Waals surface area contributed by atoms with Crippen LogP contribution in [-0.4, -0.2) is 51.6 Å². The lowest BCUT2D eigenvalue weighted by atomic mass is 10.2. The zero-order valence-corrected chi connectivity index (χ0v) is 9.27. The van der Waals surface area contributed by atoms with E-state index in [4.69, 9.17) is 5.11 Å². The fourth-order valence-electron chi connectivity index (χ4n) is 1.32. The predicted molar refractivity (Wildman–Crippen MR) is 54.9 cm³/mol. The molecule has 6 heteroatoms. The minimum Gasteiger partial charge on any atom is -0.476 e. The Morgan fingerprint density at radius 2 is 2.20 bits per heavy atom. The average Bonchev–Trinajstić information content (AvgIpc) is 2.57. The number of carbonyl (C=O) groups is 1. The van der Waals surface area contributed by atoms with Gasteiger partial charge in [0.05, 0.1) is 12.2 Å². The van der Waals surface area contributed by atoms with Crippen molar-refractivity contribution in [3.05, 3.63) is 11.4 Å². The molecule has 0 fully saturated rings. The number of rotatable bonds is 5. The van der Waals surface area contributed by atoms with E-state index in [9.17, 15) is 4.79 Å². The second-order valence-electron chi connectivity index (χ2n) is 3.57. The van der Waals surface area contributed by atoms with Crippen molar-refractivity contribution in [2.75, 3.05) is 20.6 Å². The fourth-order valence-corrected chi connectivity index (χ4v) is 1.32. The zero-order valence-electron chi connectivity index (χ0n) is 9.27. The molecule has 0 aliphatic rings. The summed E-state index contributed by atoms with van der Waals surface area (Å²) < 4.78 is 1.66. The van der Waals surface area contributed by atoms with Gasteiger partial charge in [0.2, 0.25) is 0 Å². The van der Waals surface area contributed by atoms with Gasteiger partial charge in [-0.2, -0.15) is 0 Å². The molecular formula is C9H16N4O2. The summed E-state index contributed by atoms with van der Waals surface area (Å²) in [5.74, 6) is -1.01. The maximum atomic E-state index is 10.8. The van der Waals surface area contributed by atoms with Crippen LogP contribution < -0.4 is 0 Å². The van der Waals surface area contributed by atoms with Crippen LogP contribution in [0, 0.1) is 0 Å². The summed E-state index contributed by atoms with van der Waals surface area (Å²) >= 11 is 0. The molecule has 84 valence electrons. The van der Waals surface area contributed by atoms with E-state index in [0.717, 1.165) is 6.54 Å². The van der Waals surface area contributed by atoms with Gasteiger partial charge in [0.1, 0.15) is 0 Å². The summed E-state index contributed by atoms with van der Waals surface area (Å²) in [4.78, 5) is 12.8. The molecule has 1 N–H and O–H groups in total. The Morgan fingerprint density at radius 1 is 1.53 bits per heavy atom. The Hall–Kier alpha value is -1.43. The topological polar surface area (TPSA) is 71.2 Å². The lowest BCUT2D eigenvalue weighted by Crippen LogP contribution is -2.20. The Balaban J connectivity index is 2.84. The second-order valence-corrected chi connectivity index (χ2v) is 3.57. The Labute approximate surface area is 88.5 Å². The van der Waals surface area contributed by atoms with E-state index in [-0.39, 0.29) is 5.69 Å². The van der Waals surface area contributed by atoms with Gasteiger partial charge in [-0.3, -0.25) is 0 Å². The Kier molecular flexibility index (Phi) is 3.79. The third kappa shape index (κ3) is 2.76. The molecule has 6 nitrogen and oxygen atoms in total. The molecule has 1 aromatic heterocycles. The lowest BCUT2D eigenvalue weighted by Gasteiger charge is -2.10. The molecule has 1 aromatic rings. The van der Waals surface area contributed by atoms with Gasteiger partial charge in [-0.15, -0.1) is 5.10 Å². The van der Waals surface area contributed by atoms with Crippen LogP contribution in [0.5, 0.6) is 0 Å². The zero-order chi connectivity index (χ0) is 11.4. The first kappa shape index (κ1) is 11.6. The molecule has 0 aliphatic heterocycles. The fraction of sp³-hybridized carbons (Fsp3) is 0.667. The molecule has 0 atom stereocenters. The molecule has 0 unspecified atom stereocenters. The highest BCUT2D eigenvalue weighted by atomic mass is 16.4. The van der Waals surface area contributed by atoms with Gasteiger partial charge in [-0.25, -0.2) is 9.48 Å². The van der Waals surface area contributed by atoms with E-state index in [1.165, 1.54) is 0 Å². The lowest BCUT2D eigenvalue weighted by molar-refractivity contribution is 0.0689. The van der Waals surface area contributed by atoms with E-state index < -0.39 is 5.97 Å². The van der Waals surface area contributed by atoms with Gasteiger partial charge in [0.25, 0.3) is 0 Å². The molecule has 0 spiro atoms. The van der Waals surface area contributed by atoms with Crippen LogP contribution in [0.4, 0.5) is 0 Å². The molecule has 0 radical (unpaired) electrons. The standard InChI is InChI=1S/C9H16N4O2/c1-4-7-8(9(14)15)10-11-13(7)6-5-12(2)3/h4-6H2,1-3H3,(H,14,15). The SMILES string of the molecule is CCc1c(C(=O)O)nnn1CCN(C)C. The first-order valence-corrected chi connectivity index (χ1v) is 4.86. The largest absolute Gasteiger partial charge is 0.476 e. The number of nitrogens with zero attached hydrogens (tertiary/aromatic N) is 4. The molecule has 15 heavy (non-hydrogen) atoms. The number of aromatic nitrogens is 3. The van der Waals surface area contributed by atoms with Crippen LogP contribution in [0.2, 0.25) is 0 Å². The summed E-state index contributed by atoms with van der Waals surface area (Å²) in [6.45, 7) is 3.38. The highest BCUT2D eigenvalue weighted by Crippen LogP contribution is 2.06. The van der Waals surface area contributed by atoms with E-state index in [0.29, 0.717) is 18.7 Å². The summed E-state index contributed by atoms with van der Waals surface area (Å²) in [5, 5.41) is 16.4. The van der Waals surface area contributed by atoms with Crippen molar-refractivity contribution in [3.8, 4) is 0 Å². The molecule has 0 bridgehead atoms. The number of aromatic carboxylic acids is 1. The summed E-state index contributed by atoms with van der Waals surface area (Å²) in [5.41, 5.74) is 0.751. The maximum Gasteiger partial charge on any atom is 0.358 e. The third-order valence-corrected chi connectivity index (χ3v) is 2.13. The molecule has 1 heterocycles. The molecular weight excluding hydrogens is 196 g/mol. The number of carboxylic acids is 1. The smallest absolute Gasteiger partial charge is 0.358 e. The van der Waals surface area contributed by atoms with E-state index in [1.54, 1.807) is 4.68 Å². The van der Waals surface area contributed by atoms with Gasteiger partial charge >= 0.3 is 5.97 Å². The van der Waals surface area contributed by atoms with Crippen molar-refractivity contribution in [3.63, 3.8) is 0 Å². The normalized spacial score (nSPS) is 10.9. The maximum absolute atomic E-state index is 10.8. The minimum absolute atomic E-state index is 0.0660. The Bertz CT molecular complexity index is 346. The van der Waals surface area contributed by atoms with Crippen molar-refractivity contribution in [2.24, 2.45) is 0 Å². The van der Waals surface area contributed by atoms with Crippen LogP contribution in [0.15, 0.2) is 0 Å². The van der Waals surface area contributed by atoms with Gasteiger partial charge in [0, 0.05) is 6.54 Å². The quantitative estimate of drug-likeness (QED) is 0.749. The average molecular weight is 212 g/mol. The minimum atomic E-state index is -1.01. The highest BCUT2D eigenvalue weighted by molar-refractivity contribution is 5.86. The number of carboxylic acid groups (broad SMARTS) is 1. The number of hydrogen-bond acceptors (Lipinski definition) is 4. The number of hydrogen-bond donors (Lipinski definition) is 1. The van der Waals surface area contributed by atoms with Crippen molar-refractivity contribution < 1.29 is 9.90 Å². The van der Waals surface area contributed by atoms with E-state index in [2.05, 4.69) is 10.3 Å². The summed E-state index contributed by atoms with van der Waals surface area (Å²) in [6, 6.07) is 0. The molecule has 0 aliphatic carbocycles. The van der Waals surface area contributed by atoms with Crippen LogP contribution in [0.3, 0.4) is 0 Å². The monoisotopic (exact) mass is 212 g/mol.